The summed E-state index contributed by atoms with van der Waals surface area (Å²) in [4.78, 5) is 21.0. The van der Waals surface area contributed by atoms with Crippen molar-refractivity contribution in [2.24, 2.45) is 5.92 Å². The predicted molar refractivity (Wildman–Crippen MR) is 103 cm³/mol. The van der Waals surface area contributed by atoms with E-state index < -0.39 is 0 Å². The molecule has 1 saturated heterocycles. The molecular weight excluding hydrogens is 343 g/mol. The fraction of sp³-hybridized carbons (Fsp3) is 0.429. The number of halogens is 1. The van der Waals surface area contributed by atoms with Gasteiger partial charge in [0.2, 0.25) is 5.91 Å². The average molecular weight is 368 g/mol. The fourth-order valence-corrected chi connectivity index (χ4v) is 3.66. The molecule has 142 valence electrons. The van der Waals surface area contributed by atoms with Crippen molar-refractivity contribution in [1.82, 2.24) is 15.2 Å². The van der Waals surface area contributed by atoms with Gasteiger partial charge < -0.3 is 10.2 Å². The van der Waals surface area contributed by atoms with Gasteiger partial charge in [0.05, 0.1) is 6.04 Å². The van der Waals surface area contributed by atoms with Crippen LogP contribution in [0, 0.1) is 11.7 Å². The molecule has 0 spiro atoms. The van der Waals surface area contributed by atoms with Gasteiger partial charge in [0.15, 0.2) is 0 Å². The van der Waals surface area contributed by atoms with E-state index in [0.717, 1.165) is 50.3 Å². The highest BCUT2D eigenvalue weighted by molar-refractivity contribution is 5.80. The molecule has 2 fully saturated rings. The number of benzene rings is 1. The number of aromatic nitrogens is 1. The Morgan fingerprint density at radius 3 is 2.52 bits per heavy atom. The number of carbonyl (C=O) groups excluding carboxylic acids is 1. The summed E-state index contributed by atoms with van der Waals surface area (Å²) in [6.45, 7) is 4.13. The number of pyridine rings is 1. The van der Waals surface area contributed by atoms with E-state index in [4.69, 9.17) is 0 Å². The highest BCUT2D eigenvalue weighted by atomic mass is 19.1. The molecule has 4 rings (SSSR count). The summed E-state index contributed by atoms with van der Waals surface area (Å²) in [5.74, 6) is 0.184. The zero-order chi connectivity index (χ0) is 18.6. The summed E-state index contributed by atoms with van der Waals surface area (Å²) in [5.41, 5.74) is 2.18. The van der Waals surface area contributed by atoms with Crippen LogP contribution < -0.4 is 10.2 Å². The number of hydrogen-bond acceptors (Lipinski definition) is 4. The van der Waals surface area contributed by atoms with Crippen molar-refractivity contribution in [2.75, 3.05) is 37.6 Å². The highest BCUT2D eigenvalue weighted by Crippen LogP contribution is 2.29. The first-order chi connectivity index (χ1) is 13.2. The number of anilines is 1. The lowest BCUT2D eigenvalue weighted by molar-refractivity contribution is -0.122. The maximum Gasteiger partial charge on any atom is 0.223 e. The average Bonchev–Trinajstić information content (AvgIpc) is 3.55. The molecule has 0 unspecified atom stereocenters. The Morgan fingerprint density at radius 2 is 1.89 bits per heavy atom. The van der Waals surface area contributed by atoms with Crippen molar-refractivity contribution >= 4 is 11.6 Å². The Labute approximate surface area is 159 Å². The van der Waals surface area contributed by atoms with Gasteiger partial charge in [-0.2, -0.15) is 0 Å². The quantitative estimate of drug-likeness (QED) is 0.852. The van der Waals surface area contributed by atoms with E-state index in [1.807, 2.05) is 24.4 Å². The molecular formula is C21H25FN4O. The molecule has 1 aliphatic heterocycles. The Kier molecular flexibility index (Phi) is 5.34. The molecule has 1 saturated carbocycles. The minimum Gasteiger partial charge on any atom is -0.369 e. The van der Waals surface area contributed by atoms with Crippen molar-refractivity contribution in [3.05, 3.63) is 60.2 Å². The zero-order valence-electron chi connectivity index (χ0n) is 15.4. The van der Waals surface area contributed by atoms with E-state index in [1.165, 1.54) is 12.1 Å². The van der Waals surface area contributed by atoms with Crippen molar-refractivity contribution < 1.29 is 9.18 Å². The molecule has 5 nitrogen and oxygen atoms in total. The molecule has 0 radical (unpaired) electrons. The van der Waals surface area contributed by atoms with Crippen LogP contribution in [0.15, 0.2) is 48.8 Å². The first-order valence-electron chi connectivity index (χ1n) is 9.63. The normalized spacial score (nSPS) is 18.9. The molecule has 1 amide bonds. The minimum absolute atomic E-state index is 0.122. The third-order valence-electron chi connectivity index (χ3n) is 5.43. The van der Waals surface area contributed by atoms with E-state index in [1.54, 1.807) is 6.20 Å². The van der Waals surface area contributed by atoms with E-state index >= 15 is 0 Å². The molecule has 1 aliphatic carbocycles. The summed E-state index contributed by atoms with van der Waals surface area (Å²) < 4.78 is 13.2. The lowest BCUT2D eigenvalue weighted by Gasteiger charge is -2.40. The molecule has 2 heterocycles. The standard InChI is InChI=1S/C21H25FN4O/c22-18-5-7-19(8-6-18)25-10-12-26(13-11-25)20(17-2-1-9-23-14-17)15-24-21(27)16-3-4-16/h1-2,5-9,14,16,20H,3-4,10-13,15H2,(H,24,27)/t20-/m0/s1. The highest BCUT2D eigenvalue weighted by Gasteiger charge is 2.31. The SMILES string of the molecule is O=C(NC[C@@H](c1cccnc1)N1CCN(c2ccc(F)cc2)CC1)C1CC1. The summed E-state index contributed by atoms with van der Waals surface area (Å²) in [6.07, 6.45) is 5.69. The van der Waals surface area contributed by atoms with E-state index in [0.29, 0.717) is 6.54 Å². The van der Waals surface area contributed by atoms with Crippen molar-refractivity contribution in [2.45, 2.75) is 18.9 Å². The first-order valence-corrected chi connectivity index (χ1v) is 9.63. The molecule has 6 heteroatoms. The van der Waals surface area contributed by atoms with Gasteiger partial charge in [-0.1, -0.05) is 6.07 Å². The molecule has 0 bridgehead atoms. The van der Waals surface area contributed by atoms with Crippen molar-refractivity contribution in [1.29, 1.82) is 0 Å². The summed E-state index contributed by atoms with van der Waals surface area (Å²) in [7, 11) is 0. The Bertz CT molecular complexity index is 756. The predicted octanol–water partition coefficient (Wildman–Crippen LogP) is 2.61. The third kappa shape index (κ3) is 4.45. The van der Waals surface area contributed by atoms with Crippen LogP contribution in [0.3, 0.4) is 0 Å². The fourth-order valence-electron chi connectivity index (χ4n) is 3.66. The summed E-state index contributed by atoms with van der Waals surface area (Å²) >= 11 is 0. The van der Waals surface area contributed by atoms with Crippen LogP contribution in [0.1, 0.15) is 24.4 Å². The van der Waals surface area contributed by atoms with Crippen LogP contribution in [0.25, 0.3) is 0 Å². The summed E-state index contributed by atoms with van der Waals surface area (Å²) in [5, 5.41) is 3.13. The molecule has 27 heavy (non-hydrogen) atoms. The molecule has 2 aliphatic rings. The Hall–Kier alpha value is -2.47. The number of piperazine rings is 1. The lowest BCUT2D eigenvalue weighted by Crippen LogP contribution is -2.50. The molecule has 1 atom stereocenters. The number of hydrogen-bond donors (Lipinski definition) is 1. The van der Waals surface area contributed by atoms with Gasteiger partial charge in [0.25, 0.3) is 0 Å². The summed E-state index contributed by atoms with van der Waals surface area (Å²) in [6, 6.07) is 10.8. The second-order valence-electron chi connectivity index (χ2n) is 7.32. The van der Waals surface area contributed by atoms with Crippen LogP contribution in [-0.4, -0.2) is 48.5 Å². The van der Waals surface area contributed by atoms with Gasteiger partial charge >= 0.3 is 0 Å². The van der Waals surface area contributed by atoms with Crippen molar-refractivity contribution in [3.63, 3.8) is 0 Å². The van der Waals surface area contributed by atoms with Gasteiger partial charge in [0.1, 0.15) is 5.82 Å². The number of carbonyl (C=O) groups is 1. The van der Waals surface area contributed by atoms with E-state index in [9.17, 15) is 9.18 Å². The number of amides is 1. The molecule has 1 N–H and O–H groups in total. The number of rotatable bonds is 6. The van der Waals surface area contributed by atoms with Crippen molar-refractivity contribution in [3.8, 4) is 0 Å². The van der Waals surface area contributed by atoms with Crippen LogP contribution in [0.2, 0.25) is 0 Å². The van der Waals surface area contributed by atoms with Gasteiger partial charge in [-0.05, 0) is 48.7 Å². The Morgan fingerprint density at radius 1 is 1.15 bits per heavy atom. The largest absolute Gasteiger partial charge is 0.369 e. The molecule has 2 aromatic rings. The molecule has 1 aromatic heterocycles. The van der Waals surface area contributed by atoms with Gasteiger partial charge in [0, 0.05) is 56.7 Å². The number of nitrogens with one attached hydrogen (secondary N) is 1. The maximum absolute atomic E-state index is 13.2. The van der Waals surface area contributed by atoms with Crippen LogP contribution in [0.5, 0.6) is 0 Å². The van der Waals surface area contributed by atoms with Crippen LogP contribution in [0.4, 0.5) is 10.1 Å². The van der Waals surface area contributed by atoms with E-state index in [-0.39, 0.29) is 23.7 Å². The number of nitrogens with zero attached hydrogens (tertiary/aromatic N) is 3. The minimum atomic E-state index is -0.208. The zero-order valence-corrected chi connectivity index (χ0v) is 15.4. The van der Waals surface area contributed by atoms with Crippen LogP contribution in [-0.2, 0) is 4.79 Å². The van der Waals surface area contributed by atoms with Gasteiger partial charge in [-0.3, -0.25) is 14.7 Å². The second kappa shape index (κ2) is 8.05. The monoisotopic (exact) mass is 368 g/mol. The molecule has 1 aromatic carbocycles. The van der Waals surface area contributed by atoms with E-state index in [2.05, 4.69) is 26.2 Å². The topological polar surface area (TPSA) is 48.5 Å². The van der Waals surface area contributed by atoms with Crippen LogP contribution >= 0.6 is 0 Å². The maximum atomic E-state index is 13.2. The van der Waals surface area contributed by atoms with Gasteiger partial charge in [-0.25, -0.2) is 4.39 Å². The lowest BCUT2D eigenvalue weighted by atomic mass is 10.1. The second-order valence-corrected chi connectivity index (χ2v) is 7.32. The Balaban J connectivity index is 1.41. The first kappa shape index (κ1) is 17.9. The van der Waals surface area contributed by atoms with Gasteiger partial charge in [-0.15, -0.1) is 0 Å². The smallest absolute Gasteiger partial charge is 0.223 e. The third-order valence-corrected chi connectivity index (χ3v) is 5.43.